The molecule has 2 rings (SSSR count). The highest BCUT2D eigenvalue weighted by Gasteiger charge is 2.03. The topological polar surface area (TPSA) is 33.1 Å². The fraction of sp³-hybridized carbons (Fsp3) is 0. The lowest BCUT2D eigenvalue weighted by Gasteiger charge is -1.98. The molecule has 0 saturated carbocycles. The van der Waals surface area contributed by atoms with E-state index in [-0.39, 0.29) is 5.75 Å². The fourth-order valence-electron chi connectivity index (χ4n) is 0.979. The molecule has 0 aliphatic rings. The molecule has 1 aromatic heterocycles. The van der Waals surface area contributed by atoms with Crippen molar-refractivity contribution in [1.29, 1.82) is 0 Å². The summed E-state index contributed by atoms with van der Waals surface area (Å²) >= 11 is 1.51. The predicted molar refractivity (Wildman–Crippen MR) is 48.1 cm³/mol. The molecular formula is C9H6NOS. The van der Waals surface area contributed by atoms with E-state index in [1.165, 1.54) is 11.3 Å². The Morgan fingerprint density at radius 3 is 3.08 bits per heavy atom. The van der Waals surface area contributed by atoms with Crippen LogP contribution in [0.4, 0.5) is 0 Å². The van der Waals surface area contributed by atoms with Crippen molar-refractivity contribution >= 4 is 11.3 Å². The Hall–Kier alpha value is -1.35. The van der Waals surface area contributed by atoms with Crippen LogP contribution in [0.25, 0.3) is 10.4 Å². The summed E-state index contributed by atoms with van der Waals surface area (Å²) in [5.74, 6) is 0.252. The van der Waals surface area contributed by atoms with E-state index in [1.807, 2.05) is 6.07 Å². The van der Waals surface area contributed by atoms with Crippen LogP contribution in [0.3, 0.4) is 0 Å². The fourth-order valence-corrected chi connectivity index (χ4v) is 1.64. The van der Waals surface area contributed by atoms with Gasteiger partial charge in [0.2, 0.25) is 0 Å². The Kier molecular flexibility index (Phi) is 1.80. The van der Waals surface area contributed by atoms with Gasteiger partial charge in [-0.3, -0.25) is 4.98 Å². The number of phenolic OH excluding ortho intramolecular Hbond substituents is 1. The van der Waals surface area contributed by atoms with Crippen LogP contribution in [-0.2, 0) is 0 Å². The van der Waals surface area contributed by atoms with Crippen molar-refractivity contribution in [3.63, 3.8) is 0 Å². The summed E-state index contributed by atoms with van der Waals surface area (Å²) in [6, 6.07) is 7.94. The Morgan fingerprint density at radius 2 is 2.42 bits per heavy atom. The van der Waals surface area contributed by atoms with E-state index in [4.69, 9.17) is 0 Å². The van der Waals surface area contributed by atoms with Crippen molar-refractivity contribution in [2.75, 3.05) is 0 Å². The molecule has 12 heavy (non-hydrogen) atoms. The highest BCUT2D eigenvalue weighted by molar-refractivity contribution is 7.13. The van der Waals surface area contributed by atoms with Crippen molar-refractivity contribution in [3.05, 3.63) is 36.0 Å². The molecule has 0 bridgehead atoms. The monoisotopic (exact) mass is 176 g/mol. The molecule has 0 spiro atoms. The molecule has 0 aliphatic heterocycles. The number of hydrogen-bond donors (Lipinski definition) is 1. The minimum atomic E-state index is 0.252. The molecule has 0 saturated heterocycles. The van der Waals surface area contributed by atoms with Crippen molar-refractivity contribution < 1.29 is 5.11 Å². The van der Waals surface area contributed by atoms with Gasteiger partial charge in [0.25, 0.3) is 0 Å². The van der Waals surface area contributed by atoms with E-state index in [0.29, 0.717) is 0 Å². The number of aromatic nitrogens is 1. The molecule has 1 N–H and O–H groups in total. The van der Waals surface area contributed by atoms with Gasteiger partial charge in [-0.1, -0.05) is 6.07 Å². The van der Waals surface area contributed by atoms with Crippen molar-refractivity contribution in [2.45, 2.75) is 0 Å². The van der Waals surface area contributed by atoms with Gasteiger partial charge in [0.1, 0.15) is 5.75 Å². The van der Waals surface area contributed by atoms with Crippen LogP contribution >= 0.6 is 11.3 Å². The van der Waals surface area contributed by atoms with Crippen LogP contribution in [0.15, 0.2) is 29.9 Å². The molecule has 59 valence electrons. The second-order valence-electron chi connectivity index (χ2n) is 2.31. The molecule has 3 heteroatoms. The molecule has 0 aliphatic carbocycles. The van der Waals surface area contributed by atoms with Crippen molar-refractivity contribution in [1.82, 2.24) is 4.98 Å². The number of phenols is 1. The minimum Gasteiger partial charge on any atom is -0.507 e. The van der Waals surface area contributed by atoms with Gasteiger partial charge < -0.3 is 5.11 Å². The van der Waals surface area contributed by atoms with E-state index in [1.54, 1.807) is 23.8 Å². The average Bonchev–Trinajstić information content (AvgIpc) is 2.57. The molecule has 2 aromatic rings. The third kappa shape index (κ3) is 1.19. The third-order valence-corrected chi connectivity index (χ3v) is 2.35. The summed E-state index contributed by atoms with van der Waals surface area (Å²) in [7, 11) is 0. The van der Waals surface area contributed by atoms with Gasteiger partial charge >= 0.3 is 0 Å². The quantitative estimate of drug-likeness (QED) is 0.723. The zero-order valence-corrected chi connectivity index (χ0v) is 7.01. The van der Waals surface area contributed by atoms with Crippen LogP contribution in [0.2, 0.25) is 0 Å². The molecule has 0 atom stereocenters. The van der Waals surface area contributed by atoms with E-state index in [2.05, 4.69) is 11.1 Å². The Morgan fingerprint density at radius 1 is 1.50 bits per heavy atom. The van der Waals surface area contributed by atoms with Crippen LogP contribution in [-0.4, -0.2) is 10.1 Å². The van der Waals surface area contributed by atoms with Gasteiger partial charge in [-0.25, -0.2) is 0 Å². The van der Waals surface area contributed by atoms with Gasteiger partial charge in [0.05, 0.1) is 10.4 Å². The lowest BCUT2D eigenvalue weighted by Crippen LogP contribution is -1.72. The zero-order chi connectivity index (χ0) is 8.39. The Labute approximate surface area is 74.1 Å². The van der Waals surface area contributed by atoms with E-state index in [9.17, 15) is 5.11 Å². The summed E-state index contributed by atoms with van der Waals surface area (Å²) in [4.78, 5) is 4.91. The second kappa shape index (κ2) is 2.95. The smallest absolute Gasteiger partial charge is 0.124 e. The maximum Gasteiger partial charge on any atom is 0.124 e. The number of hydrogen-bond acceptors (Lipinski definition) is 3. The van der Waals surface area contributed by atoms with Gasteiger partial charge in [-0.15, -0.1) is 11.3 Å². The summed E-state index contributed by atoms with van der Waals surface area (Å²) in [5, 5.41) is 9.43. The molecule has 0 unspecified atom stereocenters. The molecule has 1 heterocycles. The first-order valence-corrected chi connectivity index (χ1v) is 4.34. The lowest BCUT2D eigenvalue weighted by atomic mass is 10.2. The van der Waals surface area contributed by atoms with E-state index < -0.39 is 0 Å². The molecule has 0 fully saturated rings. The standard InChI is InChI=1S/C9H6NOS/c11-8-4-2-1-3-7(8)9-5-10-6-12-9/h1,3-6,11H. The Bertz CT molecular complexity index is 370. The summed E-state index contributed by atoms with van der Waals surface area (Å²) in [5.41, 5.74) is 2.56. The third-order valence-electron chi connectivity index (χ3n) is 1.54. The number of nitrogens with zero attached hydrogens (tertiary/aromatic N) is 1. The van der Waals surface area contributed by atoms with Gasteiger partial charge in [0, 0.05) is 11.8 Å². The molecule has 0 amide bonds. The van der Waals surface area contributed by atoms with Crippen molar-refractivity contribution in [3.8, 4) is 16.2 Å². The number of aromatic hydroxyl groups is 1. The van der Waals surface area contributed by atoms with Crippen LogP contribution in [0.1, 0.15) is 0 Å². The minimum absolute atomic E-state index is 0.252. The average molecular weight is 176 g/mol. The SMILES string of the molecule is Oc1c[c]ccc1-c1cncs1. The molecule has 1 aromatic carbocycles. The molecule has 1 radical (unpaired) electrons. The van der Waals surface area contributed by atoms with E-state index in [0.717, 1.165) is 10.4 Å². The van der Waals surface area contributed by atoms with Gasteiger partial charge in [-0.05, 0) is 18.2 Å². The van der Waals surface area contributed by atoms with E-state index >= 15 is 0 Å². The first-order valence-electron chi connectivity index (χ1n) is 3.46. The summed E-state index contributed by atoms with van der Waals surface area (Å²) < 4.78 is 0. The van der Waals surface area contributed by atoms with Crippen LogP contribution in [0, 0.1) is 6.07 Å². The predicted octanol–water partition coefficient (Wildman–Crippen LogP) is 2.32. The zero-order valence-electron chi connectivity index (χ0n) is 6.19. The normalized spacial score (nSPS) is 10.0. The second-order valence-corrected chi connectivity index (χ2v) is 3.20. The number of benzene rings is 1. The lowest BCUT2D eigenvalue weighted by molar-refractivity contribution is 0.477. The highest BCUT2D eigenvalue weighted by atomic mass is 32.1. The first kappa shape index (κ1) is 7.31. The van der Waals surface area contributed by atoms with Crippen LogP contribution < -0.4 is 0 Å². The number of rotatable bonds is 1. The van der Waals surface area contributed by atoms with Gasteiger partial charge in [0.15, 0.2) is 0 Å². The maximum absolute atomic E-state index is 9.43. The number of thiazole rings is 1. The first-order chi connectivity index (χ1) is 5.88. The van der Waals surface area contributed by atoms with Crippen molar-refractivity contribution in [2.24, 2.45) is 0 Å². The molecular weight excluding hydrogens is 170 g/mol. The molecule has 2 nitrogen and oxygen atoms in total. The largest absolute Gasteiger partial charge is 0.507 e. The van der Waals surface area contributed by atoms with Crippen LogP contribution in [0.5, 0.6) is 5.75 Å². The maximum atomic E-state index is 9.43. The van der Waals surface area contributed by atoms with Gasteiger partial charge in [-0.2, -0.15) is 0 Å². The summed E-state index contributed by atoms with van der Waals surface area (Å²) in [6.45, 7) is 0. The Balaban J connectivity index is 2.55. The highest BCUT2D eigenvalue weighted by Crippen LogP contribution is 2.30. The summed E-state index contributed by atoms with van der Waals surface area (Å²) in [6.07, 6.45) is 1.74.